The van der Waals surface area contributed by atoms with Crippen molar-refractivity contribution in [3.05, 3.63) is 83.6 Å². The summed E-state index contributed by atoms with van der Waals surface area (Å²) in [6, 6.07) is 0.276. The van der Waals surface area contributed by atoms with Gasteiger partial charge in [-0.15, -0.1) is 11.1 Å². The smallest absolute Gasteiger partial charge is 0.281 e. The fourth-order valence-corrected chi connectivity index (χ4v) is 1.25. The molecule has 0 spiro atoms. The van der Waals surface area contributed by atoms with Crippen LogP contribution in [0.2, 0.25) is 0 Å². The summed E-state index contributed by atoms with van der Waals surface area (Å²) in [6.45, 7) is 5.62. The van der Waals surface area contributed by atoms with Crippen LogP contribution in [-0.4, -0.2) is 0 Å². The van der Waals surface area contributed by atoms with E-state index in [4.69, 9.17) is 0 Å². The normalized spacial score (nSPS) is 9.74. The number of benzene rings is 2. The van der Waals surface area contributed by atoms with Gasteiger partial charge in [0.25, 0.3) is 0 Å². The Bertz CT molecular complexity index is 601. The van der Waals surface area contributed by atoms with Crippen LogP contribution in [0.25, 0.3) is 0 Å². The molecule has 0 saturated heterocycles. The fourth-order valence-electron chi connectivity index (χ4n) is 1.25. The van der Waals surface area contributed by atoms with Crippen LogP contribution in [0.1, 0.15) is 11.1 Å². The van der Waals surface area contributed by atoms with Crippen molar-refractivity contribution in [3.8, 4) is 0 Å². The van der Waals surface area contributed by atoms with Crippen LogP contribution < -0.4 is 0 Å². The molecule has 9 heteroatoms. The summed E-state index contributed by atoms with van der Waals surface area (Å²) >= 11 is 0. The van der Waals surface area contributed by atoms with Gasteiger partial charge in [0, 0.05) is 0 Å². The Kier molecular flexibility index (Phi) is 7.84. The van der Waals surface area contributed by atoms with Gasteiger partial charge in [-0.2, -0.15) is 13.8 Å². The largest absolute Gasteiger partial charge is 2.00 e. The Balaban J connectivity index is 0.000000403. The van der Waals surface area contributed by atoms with Crippen molar-refractivity contribution < 1.29 is 61.3 Å². The standard InChI is InChI=1S/2C7H3F4.Zr/c2*1-3-6(10)4(8)2-5(9)7(3)11;/h2*2H,1H2;/q2*-1;+2. The third-order valence-electron chi connectivity index (χ3n) is 2.41. The predicted molar refractivity (Wildman–Crippen MR) is 61.5 cm³/mol. The minimum Gasteiger partial charge on any atom is -0.281 e. The molecule has 2 aromatic carbocycles. The molecule has 0 bridgehead atoms. The van der Waals surface area contributed by atoms with Gasteiger partial charge in [-0.25, -0.2) is 17.6 Å². The third-order valence-corrected chi connectivity index (χ3v) is 2.41. The number of hydrogen-bond acceptors (Lipinski definition) is 0. The zero-order valence-corrected chi connectivity index (χ0v) is 13.6. The maximum Gasteiger partial charge on any atom is 2.00 e. The summed E-state index contributed by atoms with van der Waals surface area (Å²) in [7, 11) is 0. The Morgan fingerprint density at radius 2 is 0.652 bits per heavy atom. The molecule has 0 aromatic heterocycles. The van der Waals surface area contributed by atoms with Crippen LogP contribution in [0.3, 0.4) is 0 Å². The van der Waals surface area contributed by atoms with Gasteiger partial charge < -0.3 is 0 Å². The molecular weight excluding hydrogens is 411 g/mol. The van der Waals surface area contributed by atoms with E-state index in [0.717, 1.165) is 0 Å². The van der Waals surface area contributed by atoms with Crippen molar-refractivity contribution in [2.75, 3.05) is 0 Å². The van der Waals surface area contributed by atoms with E-state index in [2.05, 4.69) is 13.8 Å². The summed E-state index contributed by atoms with van der Waals surface area (Å²) < 4.78 is 98.1. The summed E-state index contributed by atoms with van der Waals surface area (Å²) in [5.74, 6) is -11.6. The molecule has 122 valence electrons. The molecular formula is C14H6F8Zr. The van der Waals surface area contributed by atoms with Gasteiger partial charge in [-0.1, -0.05) is 0 Å². The Morgan fingerprint density at radius 3 is 0.826 bits per heavy atom. The molecule has 2 rings (SSSR count). The van der Waals surface area contributed by atoms with Crippen LogP contribution in [0.4, 0.5) is 35.1 Å². The zero-order valence-electron chi connectivity index (χ0n) is 11.1. The molecule has 0 aliphatic heterocycles. The first-order chi connectivity index (χ1) is 10.1. The molecule has 0 aliphatic carbocycles. The third kappa shape index (κ3) is 4.73. The Hall–Kier alpha value is -1.50. The minimum absolute atomic E-state index is 0. The van der Waals surface area contributed by atoms with Crippen LogP contribution in [0.5, 0.6) is 0 Å². The summed E-state index contributed by atoms with van der Waals surface area (Å²) in [4.78, 5) is 0. The molecule has 0 aliphatic rings. The average molecular weight is 417 g/mol. The molecule has 0 fully saturated rings. The first-order valence-corrected chi connectivity index (χ1v) is 5.37. The molecule has 2 aromatic rings. The van der Waals surface area contributed by atoms with Gasteiger partial charge in [0.1, 0.15) is 23.3 Å². The fraction of sp³-hybridized carbons (Fsp3) is 0. The van der Waals surface area contributed by atoms with E-state index >= 15 is 0 Å². The van der Waals surface area contributed by atoms with Crippen molar-refractivity contribution in [2.45, 2.75) is 0 Å². The second kappa shape index (κ2) is 8.38. The second-order valence-electron chi connectivity index (χ2n) is 3.89. The van der Waals surface area contributed by atoms with Crippen molar-refractivity contribution >= 4 is 0 Å². The first kappa shape index (κ1) is 21.5. The SMILES string of the molecule is [CH2-]c1c(F)c(F)cc(F)c1F.[CH2-]c1c(F)c(F)cc(F)c1F.[Zr+2]. The first-order valence-electron chi connectivity index (χ1n) is 5.37. The molecule has 0 atom stereocenters. The second-order valence-corrected chi connectivity index (χ2v) is 3.89. The van der Waals surface area contributed by atoms with Gasteiger partial charge in [-0.3, -0.25) is 17.6 Å². The topological polar surface area (TPSA) is 0 Å². The van der Waals surface area contributed by atoms with Gasteiger partial charge in [0.05, 0.1) is 23.3 Å². The van der Waals surface area contributed by atoms with E-state index in [9.17, 15) is 35.1 Å². The molecule has 0 saturated carbocycles. The average Bonchev–Trinajstić information content (AvgIpc) is 2.47. The Labute approximate surface area is 145 Å². The van der Waals surface area contributed by atoms with Crippen molar-refractivity contribution in [1.82, 2.24) is 0 Å². The zero-order chi connectivity index (χ0) is 17.2. The molecule has 0 nitrogen and oxygen atoms in total. The summed E-state index contributed by atoms with van der Waals surface area (Å²) in [5.41, 5.74) is -1.77. The van der Waals surface area contributed by atoms with Crippen LogP contribution in [-0.2, 0) is 26.2 Å². The number of hydrogen-bond donors (Lipinski definition) is 0. The summed E-state index contributed by atoms with van der Waals surface area (Å²) in [6.07, 6.45) is 0. The maximum absolute atomic E-state index is 12.3. The van der Waals surface area contributed by atoms with Crippen molar-refractivity contribution in [3.63, 3.8) is 0 Å². The van der Waals surface area contributed by atoms with Gasteiger partial charge in [-0.05, 0) is 12.1 Å². The van der Waals surface area contributed by atoms with E-state index in [1.54, 1.807) is 0 Å². The molecule has 0 radical (unpaired) electrons. The van der Waals surface area contributed by atoms with Gasteiger partial charge in [0.15, 0.2) is 0 Å². The van der Waals surface area contributed by atoms with E-state index < -0.39 is 57.7 Å². The molecule has 23 heavy (non-hydrogen) atoms. The quantitative estimate of drug-likeness (QED) is 0.327. The van der Waals surface area contributed by atoms with Crippen LogP contribution in [0.15, 0.2) is 12.1 Å². The molecule has 0 amide bonds. The van der Waals surface area contributed by atoms with Crippen molar-refractivity contribution in [2.24, 2.45) is 0 Å². The Morgan fingerprint density at radius 1 is 0.478 bits per heavy atom. The van der Waals surface area contributed by atoms with Gasteiger partial charge in [0.2, 0.25) is 0 Å². The molecule has 0 N–H and O–H groups in total. The van der Waals surface area contributed by atoms with Crippen molar-refractivity contribution in [1.29, 1.82) is 0 Å². The maximum atomic E-state index is 12.3. The van der Waals surface area contributed by atoms with Gasteiger partial charge >= 0.3 is 26.2 Å². The predicted octanol–water partition coefficient (Wildman–Crippen LogP) is 4.85. The van der Waals surface area contributed by atoms with E-state index in [1.165, 1.54) is 0 Å². The van der Waals surface area contributed by atoms with E-state index in [1.807, 2.05) is 0 Å². The number of halogens is 8. The molecule has 0 unspecified atom stereocenters. The van der Waals surface area contributed by atoms with E-state index in [-0.39, 0.29) is 38.3 Å². The van der Waals surface area contributed by atoms with E-state index in [0.29, 0.717) is 0 Å². The van der Waals surface area contributed by atoms with Crippen LogP contribution in [0, 0.1) is 60.4 Å². The minimum atomic E-state index is -1.45. The summed E-state index contributed by atoms with van der Waals surface area (Å²) in [5, 5.41) is 0. The number of rotatable bonds is 0. The van der Waals surface area contributed by atoms with Crippen LogP contribution >= 0.6 is 0 Å². The monoisotopic (exact) mass is 416 g/mol. The molecule has 0 heterocycles.